The SMILES string of the molecule is O=C(CC(=O)c1ccccc1[N+](=O)[O-])c1ccncc1. The maximum atomic E-state index is 12.0. The average Bonchev–Trinajstić information content (AvgIpc) is 2.48. The van der Waals surface area contributed by atoms with Gasteiger partial charge in [-0.15, -0.1) is 0 Å². The van der Waals surface area contributed by atoms with Gasteiger partial charge >= 0.3 is 0 Å². The lowest BCUT2D eigenvalue weighted by molar-refractivity contribution is -0.385. The van der Waals surface area contributed by atoms with Crippen molar-refractivity contribution < 1.29 is 14.5 Å². The number of benzene rings is 1. The Bertz CT molecular complexity index is 668. The number of hydrogen-bond donors (Lipinski definition) is 0. The number of hydrogen-bond acceptors (Lipinski definition) is 5. The quantitative estimate of drug-likeness (QED) is 0.360. The van der Waals surface area contributed by atoms with Gasteiger partial charge in [0.05, 0.1) is 16.9 Å². The van der Waals surface area contributed by atoms with E-state index >= 15 is 0 Å². The molecule has 2 aromatic rings. The first kappa shape index (κ1) is 13.5. The van der Waals surface area contributed by atoms with Gasteiger partial charge in [-0.25, -0.2) is 0 Å². The van der Waals surface area contributed by atoms with E-state index in [0.717, 1.165) is 0 Å². The highest BCUT2D eigenvalue weighted by Crippen LogP contribution is 2.20. The molecule has 1 aromatic carbocycles. The number of nitrogens with zero attached hydrogens (tertiary/aromatic N) is 2. The second kappa shape index (κ2) is 5.83. The summed E-state index contributed by atoms with van der Waals surface area (Å²) < 4.78 is 0. The third kappa shape index (κ3) is 2.92. The number of carbonyl (C=O) groups is 2. The van der Waals surface area contributed by atoms with Crippen molar-refractivity contribution in [3.8, 4) is 0 Å². The van der Waals surface area contributed by atoms with Crippen LogP contribution in [0.2, 0.25) is 0 Å². The Labute approximate surface area is 114 Å². The monoisotopic (exact) mass is 270 g/mol. The molecule has 0 amide bonds. The minimum atomic E-state index is -0.635. The Morgan fingerprint density at radius 2 is 1.70 bits per heavy atom. The van der Waals surface area contributed by atoms with Crippen molar-refractivity contribution in [3.63, 3.8) is 0 Å². The molecule has 0 unspecified atom stereocenters. The normalized spacial score (nSPS) is 10.0. The predicted molar refractivity (Wildman–Crippen MR) is 70.6 cm³/mol. The Hall–Kier alpha value is -2.89. The zero-order valence-corrected chi connectivity index (χ0v) is 10.4. The molecule has 0 aliphatic carbocycles. The molecule has 100 valence electrons. The van der Waals surface area contributed by atoms with Crippen molar-refractivity contribution >= 4 is 17.3 Å². The van der Waals surface area contributed by atoms with Crippen LogP contribution < -0.4 is 0 Å². The number of nitro groups is 1. The summed E-state index contributed by atoms with van der Waals surface area (Å²) in [6, 6.07) is 8.57. The predicted octanol–water partition coefficient (Wildman–Crippen LogP) is 2.45. The zero-order chi connectivity index (χ0) is 14.5. The topological polar surface area (TPSA) is 90.2 Å². The third-order valence-corrected chi connectivity index (χ3v) is 2.72. The van der Waals surface area contributed by atoms with Crippen LogP contribution in [-0.2, 0) is 0 Å². The number of para-hydroxylation sites is 1. The number of aromatic nitrogens is 1. The molecule has 0 bridgehead atoms. The molecule has 0 atom stereocenters. The standard InChI is InChI=1S/C14H10N2O4/c17-13(10-5-7-15-8-6-10)9-14(18)11-3-1-2-4-12(11)16(19)20/h1-8H,9H2. The van der Waals surface area contributed by atoms with Gasteiger partial charge in [0.15, 0.2) is 11.6 Å². The summed E-state index contributed by atoms with van der Waals surface area (Å²) in [5.74, 6) is -0.963. The van der Waals surface area contributed by atoms with E-state index < -0.39 is 22.9 Å². The van der Waals surface area contributed by atoms with Crippen molar-refractivity contribution in [1.82, 2.24) is 4.98 Å². The molecule has 1 aromatic heterocycles. The van der Waals surface area contributed by atoms with E-state index in [4.69, 9.17) is 0 Å². The molecule has 6 nitrogen and oxygen atoms in total. The molecule has 0 spiro atoms. The van der Waals surface area contributed by atoms with Gasteiger partial charge in [-0.3, -0.25) is 24.7 Å². The lowest BCUT2D eigenvalue weighted by Gasteiger charge is -2.02. The molecule has 6 heteroatoms. The van der Waals surface area contributed by atoms with Crippen molar-refractivity contribution in [1.29, 1.82) is 0 Å². The maximum Gasteiger partial charge on any atom is 0.280 e. The van der Waals surface area contributed by atoms with Crippen LogP contribution in [0.5, 0.6) is 0 Å². The van der Waals surface area contributed by atoms with E-state index in [9.17, 15) is 19.7 Å². The van der Waals surface area contributed by atoms with E-state index in [2.05, 4.69) is 4.98 Å². The van der Waals surface area contributed by atoms with Gasteiger partial charge < -0.3 is 0 Å². The van der Waals surface area contributed by atoms with Crippen LogP contribution >= 0.6 is 0 Å². The van der Waals surface area contributed by atoms with E-state index in [1.807, 2.05) is 0 Å². The van der Waals surface area contributed by atoms with Crippen LogP contribution in [0, 0.1) is 10.1 Å². The van der Waals surface area contributed by atoms with Crippen LogP contribution in [0.15, 0.2) is 48.8 Å². The number of pyridine rings is 1. The van der Waals surface area contributed by atoms with Gasteiger partial charge in [-0.05, 0) is 18.2 Å². The van der Waals surface area contributed by atoms with Crippen LogP contribution in [0.25, 0.3) is 0 Å². The van der Waals surface area contributed by atoms with Crippen molar-refractivity contribution in [2.45, 2.75) is 6.42 Å². The van der Waals surface area contributed by atoms with Crippen molar-refractivity contribution in [2.24, 2.45) is 0 Å². The summed E-state index contributed by atoms with van der Waals surface area (Å²) in [5.41, 5.74) is 0.00636. The lowest BCUT2D eigenvalue weighted by Crippen LogP contribution is -2.10. The third-order valence-electron chi connectivity index (χ3n) is 2.72. The first-order valence-electron chi connectivity index (χ1n) is 5.79. The van der Waals surface area contributed by atoms with Crippen LogP contribution in [-0.4, -0.2) is 21.5 Å². The fraction of sp³-hybridized carbons (Fsp3) is 0.0714. The van der Waals surface area contributed by atoms with Crippen LogP contribution in [0.4, 0.5) is 5.69 Å². The summed E-state index contributed by atoms with van der Waals surface area (Å²) in [6.45, 7) is 0. The number of Topliss-reactive ketones (excluding diaryl/α,β-unsaturated/α-hetero) is 2. The number of ketones is 2. The summed E-state index contributed by atoms with van der Waals surface area (Å²) >= 11 is 0. The zero-order valence-electron chi connectivity index (χ0n) is 10.4. The molecule has 0 fully saturated rings. The Morgan fingerprint density at radius 1 is 1.05 bits per heavy atom. The Balaban J connectivity index is 2.21. The van der Waals surface area contributed by atoms with E-state index in [-0.39, 0.29) is 11.3 Å². The van der Waals surface area contributed by atoms with Crippen molar-refractivity contribution in [3.05, 3.63) is 70.0 Å². The van der Waals surface area contributed by atoms with Gasteiger partial charge in [0, 0.05) is 24.0 Å². The first-order valence-corrected chi connectivity index (χ1v) is 5.79. The molecule has 0 radical (unpaired) electrons. The average molecular weight is 270 g/mol. The molecule has 0 saturated heterocycles. The minimum absolute atomic E-state index is 0.0556. The smallest absolute Gasteiger partial charge is 0.280 e. The molecule has 1 heterocycles. The molecular formula is C14H10N2O4. The lowest BCUT2D eigenvalue weighted by atomic mass is 10.0. The van der Waals surface area contributed by atoms with Gasteiger partial charge in [0.1, 0.15) is 0 Å². The fourth-order valence-corrected chi connectivity index (χ4v) is 1.75. The highest BCUT2D eigenvalue weighted by atomic mass is 16.6. The first-order chi connectivity index (χ1) is 9.59. The summed E-state index contributed by atoms with van der Waals surface area (Å²) in [7, 11) is 0. The summed E-state index contributed by atoms with van der Waals surface area (Å²) in [6.07, 6.45) is 2.49. The Kier molecular flexibility index (Phi) is 3.95. The number of rotatable bonds is 5. The van der Waals surface area contributed by atoms with Crippen LogP contribution in [0.3, 0.4) is 0 Å². The number of nitro benzene ring substituents is 1. The second-order valence-corrected chi connectivity index (χ2v) is 4.03. The molecule has 0 aliphatic rings. The number of carbonyl (C=O) groups excluding carboxylic acids is 2. The maximum absolute atomic E-state index is 12.0. The molecule has 2 rings (SSSR count). The highest BCUT2D eigenvalue weighted by molar-refractivity contribution is 6.14. The molecule has 0 aliphatic heterocycles. The van der Waals surface area contributed by atoms with Gasteiger partial charge in [0.2, 0.25) is 0 Å². The largest absolute Gasteiger partial charge is 0.294 e. The van der Waals surface area contributed by atoms with Gasteiger partial charge in [-0.2, -0.15) is 0 Å². The van der Waals surface area contributed by atoms with Gasteiger partial charge in [0.25, 0.3) is 5.69 Å². The van der Waals surface area contributed by atoms with E-state index in [1.165, 1.54) is 48.8 Å². The van der Waals surface area contributed by atoms with Crippen molar-refractivity contribution in [2.75, 3.05) is 0 Å². The molecule has 20 heavy (non-hydrogen) atoms. The molecular weight excluding hydrogens is 260 g/mol. The molecule has 0 N–H and O–H groups in total. The second-order valence-electron chi connectivity index (χ2n) is 4.03. The summed E-state index contributed by atoms with van der Waals surface area (Å²) in [5, 5.41) is 10.8. The highest BCUT2D eigenvalue weighted by Gasteiger charge is 2.21. The molecule has 0 saturated carbocycles. The Morgan fingerprint density at radius 3 is 2.35 bits per heavy atom. The summed E-state index contributed by atoms with van der Waals surface area (Å²) in [4.78, 5) is 37.9. The van der Waals surface area contributed by atoms with Gasteiger partial charge in [-0.1, -0.05) is 12.1 Å². The van der Waals surface area contributed by atoms with E-state index in [1.54, 1.807) is 0 Å². The minimum Gasteiger partial charge on any atom is -0.294 e. The fourth-order valence-electron chi connectivity index (χ4n) is 1.75. The van der Waals surface area contributed by atoms with Crippen LogP contribution in [0.1, 0.15) is 27.1 Å². The van der Waals surface area contributed by atoms with E-state index in [0.29, 0.717) is 5.56 Å².